The van der Waals surface area contributed by atoms with Crippen LogP contribution in [0.3, 0.4) is 0 Å². The minimum Gasteiger partial charge on any atom is -0.384 e. The van der Waals surface area contributed by atoms with Crippen molar-refractivity contribution in [2.75, 3.05) is 0 Å². The van der Waals surface area contributed by atoms with Crippen LogP contribution >= 0.6 is 15.9 Å². The van der Waals surface area contributed by atoms with E-state index < -0.39 is 11.0 Å². The summed E-state index contributed by atoms with van der Waals surface area (Å²) in [6, 6.07) is 4.18. The van der Waals surface area contributed by atoms with Crippen molar-refractivity contribution in [3.8, 4) is 0 Å². The molecular weight excluding hydrogens is 250 g/mol. The number of non-ortho nitro benzene ring substituents is 1. The molecule has 0 saturated heterocycles. The molecule has 0 fully saturated rings. The van der Waals surface area contributed by atoms with Gasteiger partial charge in [-0.3, -0.25) is 10.1 Å². The van der Waals surface area contributed by atoms with E-state index in [9.17, 15) is 15.2 Å². The van der Waals surface area contributed by atoms with E-state index in [1.807, 2.05) is 0 Å². The molecule has 0 aliphatic heterocycles. The summed E-state index contributed by atoms with van der Waals surface area (Å²) in [6.07, 6.45) is 0.538. The first-order chi connectivity index (χ1) is 6.56. The van der Waals surface area contributed by atoms with E-state index in [1.54, 1.807) is 0 Å². The molecule has 1 aromatic rings. The summed E-state index contributed by atoms with van der Waals surface area (Å²) in [7, 11) is 0. The lowest BCUT2D eigenvalue weighted by Crippen LogP contribution is -1.95. The topological polar surface area (TPSA) is 63.4 Å². The van der Waals surface area contributed by atoms with Gasteiger partial charge in [0.25, 0.3) is 5.69 Å². The molecule has 1 atom stereocenters. The minimum atomic E-state index is -0.815. The Morgan fingerprint density at radius 3 is 2.71 bits per heavy atom. The standard InChI is InChI=1S/C9H8BrNO3/c1-2-9(12)7-4-3-6(11(13)14)5-8(7)10/h2-5,9,12H,1H2. The van der Waals surface area contributed by atoms with E-state index in [-0.39, 0.29) is 5.69 Å². The van der Waals surface area contributed by atoms with Crippen LogP contribution in [0.5, 0.6) is 0 Å². The highest BCUT2D eigenvalue weighted by molar-refractivity contribution is 9.10. The van der Waals surface area contributed by atoms with Crippen molar-refractivity contribution in [3.05, 3.63) is 51.0 Å². The zero-order chi connectivity index (χ0) is 10.7. The van der Waals surface area contributed by atoms with Crippen LogP contribution in [0.4, 0.5) is 5.69 Å². The van der Waals surface area contributed by atoms with Crippen LogP contribution in [-0.4, -0.2) is 10.0 Å². The molecule has 0 aromatic heterocycles. The van der Waals surface area contributed by atoms with Gasteiger partial charge in [0, 0.05) is 16.6 Å². The monoisotopic (exact) mass is 257 g/mol. The van der Waals surface area contributed by atoms with E-state index >= 15 is 0 Å². The van der Waals surface area contributed by atoms with Gasteiger partial charge >= 0.3 is 0 Å². The third kappa shape index (κ3) is 2.18. The molecule has 1 unspecified atom stereocenters. The Morgan fingerprint density at radius 1 is 1.64 bits per heavy atom. The molecule has 0 amide bonds. The summed E-state index contributed by atoms with van der Waals surface area (Å²) in [5.41, 5.74) is 0.544. The molecule has 1 aromatic carbocycles. The van der Waals surface area contributed by atoms with Crippen LogP contribution in [-0.2, 0) is 0 Å². The number of aliphatic hydroxyl groups is 1. The first kappa shape index (κ1) is 10.9. The molecule has 0 saturated carbocycles. The molecule has 14 heavy (non-hydrogen) atoms. The van der Waals surface area contributed by atoms with Gasteiger partial charge in [0.2, 0.25) is 0 Å². The molecule has 0 heterocycles. The van der Waals surface area contributed by atoms with Crippen molar-refractivity contribution in [3.63, 3.8) is 0 Å². The summed E-state index contributed by atoms with van der Waals surface area (Å²) in [5, 5.41) is 19.8. The molecular formula is C9H8BrNO3. The molecule has 1 rings (SSSR count). The van der Waals surface area contributed by atoms with Gasteiger partial charge < -0.3 is 5.11 Å². The number of hydrogen-bond acceptors (Lipinski definition) is 3. The zero-order valence-electron chi connectivity index (χ0n) is 7.18. The highest BCUT2D eigenvalue weighted by Gasteiger charge is 2.12. The van der Waals surface area contributed by atoms with Gasteiger partial charge in [0.05, 0.1) is 11.0 Å². The number of hydrogen-bond donors (Lipinski definition) is 1. The lowest BCUT2D eigenvalue weighted by Gasteiger charge is -2.07. The van der Waals surface area contributed by atoms with Crippen LogP contribution in [0.25, 0.3) is 0 Å². The quantitative estimate of drug-likeness (QED) is 0.514. The number of benzene rings is 1. The van der Waals surface area contributed by atoms with Crippen LogP contribution in [0.1, 0.15) is 11.7 Å². The van der Waals surface area contributed by atoms with Gasteiger partial charge in [-0.25, -0.2) is 0 Å². The maximum Gasteiger partial charge on any atom is 0.270 e. The predicted molar refractivity (Wildman–Crippen MR) is 56.0 cm³/mol. The molecule has 0 bridgehead atoms. The van der Waals surface area contributed by atoms with Crippen LogP contribution < -0.4 is 0 Å². The van der Waals surface area contributed by atoms with Gasteiger partial charge in [-0.15, -0.1) is 6.58 Å². The number of aliphatic hydroxyl groups excluding tert-OH is 1. The maximum atomic E-state index is 10.4. The van der Waals surface area contributed by atoms with Gasteiger partial charge in [-0.1, -0.05) is 22.0 Å². The lowest BCUT2D eigenvalue weighted by atomic mass is 10.1. The molecule has 1 N–H and O–H groups in total. The summed E-state index contributed by atoms with van der Waals surface area (Å²) < 4.78 is 0.499. The fraction of sp³-hybridized carbons (Fsp3) is 0.111. The average Bonchev–Trinajstić information content (AvgIpc) is 2.16. The lowest BCUT2D eigenvalue weighted by molar-refractivity contribution is -0.384. The molecule has 74 valence electrons. The fourth-order valence-corrected chi connectivity index (χ4v) is 1.60. The van der Waals surface area contributed by atoms with Gasteiger partial charge in [0.1, 0.15) is 0 Å². The normalized spacial score (nSPS) is 12.1. The second kappa shape index (κ2) is 4.34. The second-order valence-corrected chi connectivity index (χ2v) is 3.50. The Bertz CT molecular complexity index is 378. The van der Waals surface area contributed by atoms with E-state index in [0.29, 0.717) is 10.0 Å². The molecule has 0 aliphatic carbocycles. The Balaban J connectivity index is 3.13. The molecule has 0 aliphatic rings. The van der Waals surface area contributed by atoms with Crippen molar-refractivity contribution in [2.24, 2.45) is 0 Å². The highest BCUT2D eigenvalue weighted by Crippen LogP contribution is 2.27. The Hall–Kier alpha value is -1.20. The fourth-order valence-electron chi connectivity index (χ4n) is 0.996. The average molecular weight is 258 g/mol. The largest absolute Gasteiger partial charge is 0.384 e. The first-order valence-corrected chi connectivity index (χ1v) is 4.60. The van der Waals surface area contributed by atoms with Crippen LogP contribution in [0.2, 0.25) is 0 Å². The second-order valence-electron chi connectivity index (χ2n) is 2.64. The maximum absolute atomic E-state index is 10.4. The highest BCUT2D eigenvalue weighted by atomic mass is 79.9. The van der Waals surface area contributed by atoms with Gasteiger partial charge in [-0.2, -0.15) is 0 Å². The van der Waals surface area contributed by atoms with Gasteiger partial charge in [-0.05, 0) is 11.6 Å². The predicted octanol–water partition coefficient (Wildman–Crippen LogP) is 2.58. The van der Waals surface area contributed by atoms with Crippen LogP contribution in [0.15, 0.2) is 35.3 Å². The number of halogens is 1. The SMILES string of the molecule is C=CC(O)c1ccc([N+](=O)[O-])cc1Br. The van der Waals surface area contributed by atoms with Gasteiger partial charge in [0.15, 0.2) is 0 Å². The summed E-state index contributed by atoms with van der Waals surface area (Å²) in [6.45, 7) is 3.43. The number of nitro groups is 1. The smallest absolute Gasteiger partial charge is 0.270 e. The molecule has 0 spiro atoms. The minimum absolute atomic E-state index is 0.0168. The van der Waals surface area contributed by atoms with E-state index in [1.165, 1.54) is 24.3 Å². The van der Waals surface area contributed by atoms with Crippen molar-refractivity contribution in [1.29, 1.82) is 0 Å². The molecule has 4 nitrogen and oxygen atoms in total. The molecule has 5 heteroatoms. The van der Waals surface area contributed by atoms with Crippen molar-refractivity contribution in [2.45, 2.75) is 6.10 Å². The summed E-state index contributed by atoms with van der Waals surface area (Å²) >= 11 is 3.14. The van der Waals surface area contributed by atoms with E-state index in [4.69, 9.17) is 0 Å². The Labute approximate surface area is 89.2 Å². The van der Waals surface area contributed by atoms with E-state index in [0.717, 1.165) is 0 Å². The van der Waals surface area contributed by atoms with Crippen molar-refractivity contribution >= 4 is 21.6 Å². The third-order valence-corrected chi connectivity index (χ3v) is 2.42. The summed E-state index contributed by atoms with van der Waals surface area (Å²) in [4.78, 5) is 9.91. The number of nitrogens with zero attached hydrogens (tertiary/aromatic N) is 1. The van der Waals surface area contributed by atoms with Crippen LogP contribution in [0, 0.1) is 10.1 Å². The Kier molecular flexibility index (Phi) is 3.38. The van der Waals surface area contributed by atoms with Crippen molar-refractivity contribution in [1.82, 2.24) is 0 Å². The first-order valence-electron chi connectivity index (χ1n) is 3.80. The van der Waals surface area contributed by atoms with E-state index in [2.05, 4.69) is 22.5 Å². The number of rotatable bonds is 3. The summed E-state index contributed by atoms with van der Waals surface area (Å²) in [5.74, 6) is 0. The number of nitro benzene ring substituents is 1. The molecule has 0 radical (unpaired) electrons. The van der Waals surface area contributed by atoms with Crippen molar-refractivity contribution < 1.29 is 10.0 Å². The Morgan fingerprint density at radius 2 is 2.29 bits per heavy atom. The third-order valence-electron chi connectivity index (χ3n) is 1.74. The zero-order valence-corrected chi connectivity index (χ0v) is 8.77.